The van der Waals surface area contributed by atoms with Gasteiger partial charge in [0, 0.05) is 9.64 Å². The van der Waals surface area contributed by atoms with Gasteiger partial charge in [-0.3, -0.25) is 0 Å². The van der Waals surface area contributed by atoms with Crippen molar-refractivity contribution >= 4 is 23.7 Å². The summed E-state index contributed by atoms with van der Waals surface area (Å²) in [4.78, 5) is 22.8. The molecule has 0 radical (unpaired) electrons. The lowest BCUT2D eigenvalue weighted by Gasteiger charge is -2.20. The molecule has 0 amide bonds. The molecule has 0 spiro atoms. The van der Waals surface area contributed by atoms with Crippen LogP contribution < -0.4 is 0 Å². The van der Waals surface area contributed by atoms with Gasteiger partial charge in [0.2, 0.25) is 0 Å². The zero-order valence-electron chi connectivity index (χ0n) is 10.8. The molecule has 18 heavy (non-hydrogen) atoms. The van der Waals surface area contributed by atoms with Crippen LogP contribution in [0.2, 0.25) is 0 Å². The zero-order valence-corrected chi connectivity index (χ0v) is 11.6. The third-order valence-electron chi connectivity index (χ3n) is 2.10. The highest BCUT2D eigenvalue weighted by molar-refractivity contribution is 8.00. The van der Waals surface area contributed by atoms with Crippen LogP contribution in [0.3, 0.4) is 0 Å². The third kappa shape index (κ3) is 3.50. The molecule has 0 saturated carbocycles. The van der Waals surface area contributed by atoms with Gasteiger partial charge in [-0.2, -0.15) is 0 Å². The highest BCUT2D eigenvalue weighted by Crippen LogP contribution is 2.37. The second-order valence-corrected chi connectivity index (χ2v) is 6.85. The molecule has 1 aromatic carbocycles. The monoisotopic (exact) mass is 268 g/mol. The number of benzene rings is 1. The minimum Gasteiger partial charge on any atom is -0.478 e. The van der Waals surface area contributed by atoms with Gasteiger partial charge in [0.1, 0.15) is 0 Å². The summed E-state index contributed by atoms with van der Waals surface area (Å²) >= 11 is 1.26. The maximum atomic E-state index is 11.2. The summed E-state index contributed by atoms with van der Waals surface area (Å²) in [6.45, 7) is 7.42. The second kappa shape index (κ2) is 5.02. The average molecular weight is 268 g/mol. The van der Waals surface area contributed by atoms with Gasteiger partial charge in [-0.15, -0.1) is 11.8 Å². The summed E-state index contributed by atoms with van der Waals surface area (Å²) in [6.07, 6.45) is 0. The fourth-order valence-electron chi connectivity index (χ4n) is 1.51. The number of aryl methyl sites for hydroxylation is 1. The van der Waals surface area contributed by atoms with E-state index in [0.717, 1.165) is 0 Å². The van der Waals surface area contributed by atoms with Gasteiger partial charge in [-0.1, -0.05) is 20.8 Å². The Hall–Kier alpha value is -1.49. The smallest absolute Gasteiger partial charge is 0.336 e. The minimum atomic E-state index is -1.10. The number of carboxylic acid groups (broad SMARTS) is 2. The van der Waals surface area contributed by atoms with Crippen LogP contribution in [-0.2, 0) is 0 Å². The molecule has 0 heterocycles. The predicted molar refractivity (Wildman–Crippen MR) is 70.7 cm³/mol. The molecule has 0 aliphatic rings. The molecule has 4 nitrogen and oxygen atoms in total. The number of thioether (sulfide) groups is 1. The maximum absolute atomic E-state index is 11.2. The van der Waals surface area contributed by atoms with Gasteiger partial charge in [-0.05, 0) is 24.6 Å². The molecule has 0 aliphatic carbocycles. The lowest BCUT2D eigenvalue weighted by Crippen LogP contribution is -2.13. The van der Waals surface area contributed by atoms with E-state index in [1.165, 1.54) is 23.9 Å². The van der Waals surface area contributed by atoms with E-state index in [1.54, 1.807) is 6.92 Å². The van der Waals surface area contributed by atoms with E-state index in [1.807, 2.05) is 20.8 Å². The maximum Gasteiger partial charge on any atom is 0.336 e. The van der Waals surface area contributed by atoms with Crippen molar-refractivity contribution < 1.29 is 19.8 Å². The van der Waals surface area contributed by atoms with Crippen LogP contribution in [0.5, 0.6) is 0 Å². The van der Waals surface area contributed by atoms with Crippen molar-refractivity contribution in [1.82, 2.24) is 0 Å². The summed E-state index contributed by atoms with van der Waals surface area (Å²) in [7, 11) is 0. The molecule has 2 N–H and O–H groups in total. The fraction of sp³-hybridized carbons (Fsp3) is 0.385. The molecule has 0 atom stereocenters. The summed E-state index contributed by atoms with van der Waals surface area (Å²) in [5, 5.41) is 18.4. The first-order valence-corrected chi connectivity index (χ1v) is 6.23. The lowest BCUT2D eigenvalue weighted by atomic mass is 10.1. The number of rotatable bonds is 3. The fourth-order valence-corrected chi connectivity index (χ4v) is 2.63. The third-order valence-corrected chi connectivity index (χ3v) is 3.36. The van der Waals surface area contributed by atoms with E-state index in [2.05, 4.69) is 0 Å². The first kappa shape index (κ1) is 14.6. The molecule has 5 heteroatoms. The van der Waals surface area contributed by atoms with E-state index in [4.69, 9.17) is 0 Å². The number of hydrogen-bond donors (Lipinski definition) is 2. The minimum absolute atomic E-state index is 0.0484. The van der Waals surface area contributed by atoms with E-state index >= 15 is 0 Å². The Bertz CT molecular complexity index is 465. The van der Waals surface area contributed by atoms with Crippen LogP contribution in [0, 0.1) is 6.92 Å². The highest BCUT2D eigenvalue weighted by Gasteiger charge is 2.24. The molecule has 0 aliphatic heterocycles. The Morgan fingerprint density at radius 2 is 1.44 bits per heavy atom. The molecule has 0 aromatic heterocycles. The summed E-state index contributed by atoms with van der Waals surface area (Å²) in [5.41, 5.74) is 0.725. The van der Waals surface area contributed by atoms with Gasteiger partial charge in [0.15, 0.2) is 0 Å². The van der Waals surface area contributed by atoms with E-state index in [-0.39, 0.29) is 15.9 Å². The predicted octanol–water partition coefficient (Wildman–Crippen LogP) is 3.28. The van der Waals surface area contributed by atoms with Crippen molar-refractivity contribution in [3.63, 3.8) is 0 Å². The van der Waals surface area contributed by atoms with Crippen LogP contribution in [0.4, 0.5) is 0 Å². The highest BCUT2D eigenvalue weighted by atomic mass is 32.2. The topological polar surface area (TPSA) is 74.6 Å². The summed E-state index contributed by atoms with van der Waals surface area (Å²) in [6, 6.07) is 3.01. The SMILES string of the molecule is Cc1cc(C(=O)O)c(SC(C)(C)C)c(C(=O)O)c1. The number of hydrogen-bond acceptors (Lipinski definition) is 3. The van der Waals surface area contributed by atoms with E-state index in [9.17, 15) is 19.8 Å². The van der Waals surface area contributed by atoms with E-state index < -0.39 is 11.9 Å². The van der Waals surface area contributed by atoms with Gasteiger partial charge in [0.05, 0.1) is 11.1 Å². The van der Waals surface area contributed by atoms with Gasteiger partial charge >= 0.3 is 11.9 Å². The Morgan fingerprint density at radius 1 is 1.06 bits per heavy atom. The molecule has 98 valence electrons. The van der Waals surface area contributed by atoms with Crippen molar-refractivity contribution in [2.24, 2.45) is 0 Å². The number of carboxylic acids is 2. The first-order valence-electron chi connectivity index (χ1n) is 5.42. The van der Waals surface area contributed by atoms with Crippen LogP contribution >= 0.6 is 11.8 Å². The Kier molecular flexibility index (Phi) is 4.06. The first-order chi connectivity index (χ1) is 8.11. The zero-order chi connectivity index (χ0) is 14.1. The van der Waals surface area contributed by atoms with Crippen LogP contribution in [-0.4, -0.2) is 26.9 Å². The Morgan fingerprint density at radius 3 is 1.72 bits per heavy atom. The number of carbonyl (C=O) groups is 2. The molecule has 0 saturated heterocycles. The van der Waals surface area contributed by atoms with Crippen molar-refractivity contribution in [3.8, 4) is 0 Å². The van der Waals surface area contributed by atoms with Crippen LogP contribution in [0.1, 0.15) is 47.1 Å². The second-order valence-electron chi connectivity index (χ2n) is 5.01. The Balaban J connectivity index is 3.51. The van der Waals surface area contributed by atoms with Crippen LogP contribution in [0.25, 0.3) is 0 Å². The lowest BCUT2D eigenvalue weighted by molar-refractivity contribution is 0.0690. The standard InChI is InChI=1S/C13H16O4S/c1-7-5-8(11(14)15)10(18-13(2,3)4)9(6-7)12(16)17/h5-6H,1-4H3,(H,14,15)(H,16,17). The summed E-state index contributed by atoms with van der Waals surface area (Å²) in [5.74, 6) is -2.21. The molecular formula is C13H16O4S. The van der Waals surface area contributed by atoms with Gasteiger partial charge < -0.3 is 10.2 Å². The van der Waals surface area contributed by atoms with Crippen molar-refractivity contribution in [1.29, 1.82) is 0 Å². The quantitative estimate of drug-likeness (QED) is 0.823. The Labute approximate surface area is 110 Å². The molecule has 1 rings (SSSR count). The molecule has 0 fully saturated rings. The van der Waals surface area contributed by atoms with Gasteiger partial charge in [-0.25, -0.2) is 9.59 Å². The van der Waals surface area contributed by atoms with E-state index in [0.29, 0.717) is 10.5 Å². The largest absolute Gasteiger partial charge is 0.478 e. The summed E-state index contributed by atoms with van der Waals surface area (Å²) < 4.78 is -0.260. The molecule has 0 bridgehead atoms. The van der Waals surface area contributed by atoms with Gasteiger partial charge in [0.25, 0.3) is 0 Å². The van der Waals surface area contributed by atoms with Crippen LogP contribution in [0.15, 0.2) is 17.0 Å². The molecule has 0 unspecified atom stereocenters. The van der Waals surface area contributed by atoms with Crippen molar-refractivity contribution in [3.05, 3.63) is 28.8 Å². The molecular weight excluding hydrogens is 252 g/mol. The molecule has 1 aromatic rings. The number of aromatic carboxylic acids is 2. The van der Waals surface area contributed by atoms with Crippen molar-refractivity contribution in [2.75, 3.05) is 0 Å². The average Bonchev–Trinajstić information content (AvgIpc) is 2.17. The van der Waals surface area contributed by atoms with Crippen molar-refractivity contribution in [2.45, 2.75) is 37.3 Å². The normalized spacial score (nSPS) is 11.3.